The van der Waals surface area contributed by atoms with Gasteiger partial charge in [0.25, 0.3) is 0 Å². The summed E-state index contributed by atoms with van der Waals surface area (Å²) in [6, 6.07) is 0. The van der Waals surface area contributed by atoms with Gasteiger partial charge in [0.15, 0.2) is 0 Å². The molecular weight excluding hydrogens is 152 g/mol. The molecule has 0 aliphatic carbocycles. The molecule has 0 amide bonds. The van der Waals surface area contributed by atoms with E-state index in [0.717, 1.165) is 5.75 Å². The quantitative estimate of drug-likeness (QED) is 0.338. The largest absolute Gasteiger partial charge is 0.179 e. The summed E-state index contributed by atoms with van der Waals surface area (Å²) < 4.78 is 0. The van der Waals surface area contributed by atoms with Gasteiger partial charge in [-0.15, -0.1) is 6.58 Å². The molecule has 0 aromatic carbocycles. The summed E-state index contributed by atoms with van der Waals surface area (Å²) in [5.41, 5.74) is 0. The molecule has 0 saturated carbocycles. The van der Waals surface area contributed by atoms with Crippen molar-refractivity contribution in [1.82, 2.24) is 0 Å². The molecule has 0 saturated heterocycles. The summed E-state index contributed by atoms with van der Waals surface area (Å²) in [5, 5.41) is 0. The number of rotatable bonds is 7. The summed E-state index contributed by atoms with van der Waals surface area (Å²) in [5.74, 6) is 1.70. The molecule has 0 nitrogen and oxygen atoms in total. The first kappa shape index (κ1) is 11.1. The predicted molar refractivity (Wildman–Crippen MR) is 56.3 cm³/mol. The Morgan fingerprint density at radius 2 is 2.09 bits per heavy atom. The number of hydrogen-bond donors (Lipinski definition) is 1. The zero-order valence-corrected chi connectivity index (χ0v) is 8.45. The van der Waals surface area contributed by atoms with E-state index in [-0.39, 0.29) is 0 Å². The standard InChI is InChI=1S/C10H20S/c1-3-5-6-7-10(4-2)8-9-11/h4,10-11H,2-3,5-9H2,1H3. The topological polar surface area (TPSA) is 0 Å². The normalized spacial score (nSPS) is 12.9. The van der Waals surface area contributed by atoms with Crippen molar-refractivity contribution in [2.24, 2.45) is 5.92 Å². The molecule has 0 bridgehead atoms. The first-order valence-corrected chi connectivity index (χ1v) is 5.21. The Bertz CT molecular complexity index is 88.9. The fourth-order valence-corrected chi connectivity index (χ4v) is 1.53. The second-order valence-corrected chi connectivity index (χ2v) is 3.45. The number of thiol groups is 1. The fourth-order valence-electron chi connectivity index (χ4n) is 1.20. The molecule has 0 heterocycles. The molecule has 0 fully saturated rings. The molecule has 0 aromatic heterocycles. The van der Waals surface area contributed by atoms with E-state index < -0.39 is 0 Å². The summed E-state index contributed by atoms with van der Waals surface area (Å²) in [7, 11) is 0. The second-order valence-electron chi connectivity index (χ2n) is 3.00. The van der Waals surface area contributed by atoms with E-state index in [1.54, 1.807) is 0 Å². The van der Waals surface area contributed by atoms with E-state index in [4.69, 9.17) is 0 Å². The van der Waals surface area contributed by atoms with Crippen molar-refractivity contribution in [2.75, 3.05) is 5.75 Å². The highest BCUT2D eigenvalue weighted by Gasteiger charge is 2.01. The summed E-state index contributed by atoms with van der Waals surface area (Å²) in [6.07, 6.45) is 8.59. The van der Waals surface area contributed by atoms with Crippen LogP contribution in [0.15, 0.2) is 12.7 Å². The minimum Gasteiger partial charge on any atom is -0.179 e. The van der Waals surface area contributed by atoms with Crippen LogP contribution in [0.1, 0.15) is 39.0 Å². The Balaban J connectivity index is 3.28. The van der Waals surface area contributed by atoms with E-state index in [9.17, 15) is 0 Å². The first-order valence-electron chi connectivity index (χ1n) is 4.58. The Morgan fingerprint density at radius 3 is 2.55 bits per heavy atom. The van der Waals surface area contributed by atoms with Gasteiger partial charge in [0.2, 0.25) is 0 Å². The third kappa shape index (κ3) is 6.49. The van der Waals surface area contributed by atoms with Crippen LogP contribution in [0.25, 0.3) is 0 Å². The highest BCUT2D eigenvalue weighted by molar-refractivity contribution is 7.80. The van der Waals surface area contributed by atoms with E-state index in [1.165, 1.54) is 32.1 Å². The molecule has 1 heteroatoms. The molecular formula is C10H20S. The van der Waals surface area contributed by atoms with Crippen LogP contribution in [0.4, 0.5) is 0 Å². The second kappa shape index (κ2) is 8.19. The average molecular weight is 172 g/mol. The summed E-state index contributed by atoms with van der Waals surface area (Å²) in [4.78, 5) is 0. The molecule has 66 valence electrons. The van der Waals surface area contributed by atoms with Crippen molar-refractivity contribution in [2.45, 2.75) is 39.0 Å². The van der Waals surface area contributed by atoms with Gasteiger partial charge in [-0.05, 0) is 24.5 Å². The monoisotopic (exact) mass is 172 g/mol. The van der Waals surface area contributed by atoms with E-state index in [2.05, 4.69) is 32.2 Å². The summed E-state index contributed by atoms with van der Waals surface area (Å²) >= 11 is 4.21. The van der Waals surface area contributed by atoms with Crippen LogP contribution >= 0.6 is 12.6 Å². The Labute approximate surface area is 76.5 Å². The molecule has 11 heavy (non-hydrogen) atoms. The van der Waals surface area contributed by atoms with Crippen molar-refractivity contribution >= 4 is 12.6 Å². The van der Waals surface area contributed by atoms with Crippen LogP contribution in [0, 0.1) is 5.92 Å². The van der Waals surface area contributed by atoms with Gasteiger partial charge in [-0.25, -0.2) is 0 Å². The Kier molecular flexibility index (Phi) is 8.26. The lowest BCUT2D eigenvalue weighted by molar-refractivity contribution is 0.531. The van der Waals surface area contributed by atoms with E-state index in [1.807, 2.05) is 0 Å². The van der Waals surface area contributed by atoms with Crippen LogP contribution in [0.3, 0.4) is 0 Å². The van der Waals surface area contributed by atoms with Gasteiger partial charge >= 0.3 is 0 Å². The maximum absolute atomic E-state index is 4.21. The summed E-state index contributed by atoms with van der Waals surface area (Å²) in [6.45, 7) is 6.06. The van der Waals surface area contributed by atoms with Crippen molar-refractivity contribution in [3.8, 4) is 0 Å². The molecule has 0 aromatic rings. The fraction of sp³-hybridized carbons (Fsp3) is 0.800. The first-order chi connectivity index (χ1) is 5.35. The van der Waals surface area contributed by atoms with E-state index in [0.29, 0.717) is 5.92 Å². The number of unbranched alkanes of at least 4 members (excludes halogenated alkanes) is 2. The minimum atomic E-state index is 0.707. The van der Waals surface area contributed by atoms with Crippen LogP contribution in [0.2, 0.25) is 0 Å². The number of allylic oxidation sites excluding steroid dienone is 1. The van der Waals surface area contributed by atoms with Gasteiger partial charge in [0, 0.05) is 0 Å². The lowest BCUT2D eigenvalue weighted by Gasteiger charge is -2.09. The number of hydrogen-bond acceptors (Lipinski definition) is 1. The highest BCUT2D eigenvalue weighted by Crippen LogP contribution is 2.14. The lowest BCUT2D eigenvalue weighted by Crippen LogP contribution is -1.96. The average Bonchev–Trinajstić information content (AvgIpc) is 2.03. The maximum atomic E-state index is 4.21. The van der Waals surface area contributed by atoms with Crippen molar-refractivity contribution in [1.29, 1.82) is 0 Å². The minimum absolute atomic E-state index is 0.707. The van der Waals surface area contributed by atoms with Crippen LogP contribution < -0.4 is 0 Å². The zero-order valence-electron chi connectivity index (χ0n) is 7.55. The third-order valence-electron chi connectivity index (χ3n) is 2.01. The van der Waals surface area contributed by atoms with Gasteiger partial charge < -0.3 is 0 Å². The van der Waals surface area contributed by atoms with Crippen LogP contribution in [-0.4, -0.2) is 5.75 Å². The molecule has 0 aliphatic rings. The van der Waals surface area contributed by atoms with Gasteiger partial charge in [-0.1, -0.05) is 32.3 Å². The Hall–Kier alpha value is 0.0900. The van der Waals surface area contributed by atoms with Gasteiger partial charge in [-0.3, -0.25) is 0 Å². The molecule has 0 rings (SSSR count). The smallest absolute Gasteiger partial charge is 0.00923 e. The van der Waals surface area contributed by atoms with Crippen molar-refractivity contribution in [3.05, 3.63) is 12.7 Å². The van der Waals surface area contributed by atoms with Gasteiger partial charge in [0.1, 0.15) is 0 Å². The van der Waals surface area contributed by atoms with Crippen molar-refractivity contribution in [3.63, 3.8) is 0 Å². The molecule has 0 radical (unpaired) electrons. The molecule has 0 aliphatic heterocycles. The zero-order chi connectivity index (χ0) is 8.53. The predicted octanol–water partition coefficient (Wildman–Crippen LogP) is 3.69. The van der Waals surface area contributed by atoms with Gasteiger partial charge in [0.05, 0.1) is 0 Å². The molecule has 0 spiro atoms. The van der Waals surface area contributed by atoms with Crippen LogP contribution in [0.5, 0.6) is 0 Å². The molecule has 1 unspecified atom stereocenters. The maximum Gasteiger partial charge on any atom is -0.00923 e. The SMILES string of the molecule is C=CC(CCS)CCCCC. The van der Waals surface area contributed by atoms with E-state index >= 15 is 0 Å². The molecule has 0 N–H and O–H groups in total. The van der Waals surface area contributed by atoms with Crippen molar-refractivity contribution < 1.29 is 0 Å². The highest BCUT2D eigenvalue weighted by atomic mass is 32.1. The van der Waals surface area contributed by atoms with Gasteiger partial charge in [-0.2, -0.15) is 12.6 Å². The Morgan fingerprint density at radius 1 is 1.36 bits per heavy atom. The third-order valence-corrected chi connectivity index (χ3v) is 2.27. The molecule has 1 atom stereocenters. The van der Waals surface area contributed by atoms with Crippen LogP contribution in [-0.2, 0) is 0 Å². The lowest BCUT2D eigenvalue weighted by atomic mass is 9.99.